The van der Waals surface area contributed by atoms with E-state index in [4.69, 9.17) is 9.98 Å². The summed E-state index contributed by atoms with van der Waals surface area (Å²) < 4.78 is 0. The van der Waals surface area contributed by atoms with E-state index < -0.39 is 5.41 Å². The van der Waals surface area contributed by atoms with E-state index in [1.54, 1.807) is 0 Å². The lowest BCUT2D eigenvalue weighted by Crippen LogP contribution is -2.38. The van der Waals surface area contributed by atoms with Crippen molar-refractivity contribution < 1.29 is 0 Å². The molecule has 1 atom stereocenters. The zero-order chi connectivity index (χ0) is 34.7. The van der Waals surface area contributed by atoms with E-state index in [1.807, 2.05) is 0 Å². The number of hydrogen-bond donors (Lipinski definition) is 1. The highest BCUT2D eigenvalue weighted by atomic mass is 15.2. The Labute approximate surface area is 307 Å². The second kappa shape index (κ2) is 10.7. The first-order valence-electron chi connectivity index (χ1n) is 18.7. The number of nitrogens with zero attached hydrogens (tertiary/aromatic N) is 2. The van der Waals surface area contributed by atoms with Crippen molar-refractivity contribution in [3.8, 4) is 22.3 Å². The van der Waals surface area contributed by atoms with Gasteiger partial charge < -0.3 is 5.32 Å². The lowest BCUT2D eigenvalue weighted by molar-refractivity contribution is 0.798. The topological polar surface area (TPSA) is 36.8 Å². The van der Waals surface area contributed by atoms with Crippen LogP contribution >= 0.6 is 0 Å². The number of fused-ring (bicyclic) bond motifs is 12. The third kappa shape index (κ3) is 3.78. The van der Waals surface area contributed by atoms with Gasteiger partial charge in [0.05, 0.1) is 5.41 Å². The van der Waals surface area contributed by atoms with Crippen molar-refractivity contribution in [2.24, 2.45) is 9.98 Å². The van der Waals surface area contributed by atoms with Crippen LogP contribution in [0.3, 0.4) is 0 Å². The molecule has 3 heteroatoms. The molecule has 12 rings (SSSR count). The van der Waals surface area contributed by atoms with Crippen molar-refractivity contribution in [1.82, 2.24) is 5.32 Å². The first-order valence-corrected chi connectivity index (χ1v) is 18.7. The fourth-order valence-corrected chi connectivity index (χ4v) is 10.1. The minimum Gasteiger partial charge on any atom is -0.324 e. The summed E-state index contributed by atoms with van der Waals surface area (Å²) in [4.78, 5) is 10.6. The highest BCUT2D eigenvalue weighted by molar-refractivity contribution is 6.33. The van der Waals surface area contributed by atoms with Gasteiger partial charge >= 0.3 is 0 Å². The van der Waals surface area contributed by atoms with Crippen LogP contribution in [-0.4, -0.2) is 17.8 Å². The van der Waals surface area contributed by atoms with Gasteiger partial charge in [0.25, 0.3) is 0 Å². The predicted molar refractivity (Wildman–Crippen MR) is 219 cm³/mol. The van der Waals surface area contributed by atoms with Crippen LogP contribution in [0.5, 0.6) is 0 Å². The van der Waals surface area contributed by atoms with E-state index in [2.05, 4.69) is 169 Å². The molecule has 1 aliphatic heterocycles. The highest BCUT2D eigenvalue weighted by Crippen LogP contribution is 2.65. The molecule has 1 N–H and O–H groups in total. The Kier molecular flexibility index (Phi) is 5.88. The molecule has 1 unspecified atom stereocenters. The lowest BCUT2D eigenvalue weighted by atomic mass is 9.68. The molecule has 0 bridgehead atoms. The molecule has 0 fully saturated rings. The Bertz CT molecular complexity index is 2930. The molecule has 0 amide bonds. The molecule has 1 spiro atoms. The molecule has 8 aromatic carbocycles. The summed E-state index contributed by atoms with van der Waals surface area (Å²) in [5.74, 6) is 1.70. The number of rotatable bonds is 3. The first kappa shape index (κ1) is 29.0. The number of aliphatic imine (C=N–C) groups is 2. The Balaban J connectivity index is 1.19. The van der Waals surface area contributed by atoms with E-state index in [0.29, 0.717) is 0 Å². The van der Waals surface area contributed by atoms with Gasteiger partial charge in [-0.05, 0) is 101 Å². The number of hydrogen-bond acceptors (Lipinski definition) is 3. The molecule has 8 aromatic rings. The maximum absolute atomic E-state index is 5.39. The lowest BCUT2D eigenvalue weighted by Gasteiger charge is -2.32. The fraction of sp³-hybridized carbons (Fsp3) is 0.0800. The average Bonchev–Trinajstić information content (AvgIpc) is 3.71. The van der Waals surface area contributed by atoms with Gasteiger partial charge in [-0.2, -0.15) is 0 Å². The van der Waals surface area contributed by atoms with E-state index in [-0.39, 0.29) is 6.17 Å². The van der Waals surface area contributed by atoms with Gasteiger partial charge in [-0.25, -0.2) is 9.98 Å². The molecule has 0 saturated heterocycles. The molecular weight excluding hydrogens is 643 g/mol. The maximum atomic E-state index is 5.39. The number of amidine groups is 2. The minimum atomic E-state index is -0.443. The Morgan fingerprint density at radius 2 is 1.17 bits per heavy atom. The van der Waals surface area contributed by atoms with Crippen molar-refractivity contribution in [2.75, 3.05) is 0 Å². The second-order valence-electron chi connectivity index (χ2n) is 14.7. The number of benzene rings is 8. The molecule has 53 heavy (non-hydrogen) atoms. The Morgan fingerprint density at radius 1 is 0.528 bits per heavy atom. The van der Waals surface area contributed by atoms with Crippen molar-refractivity contribution in [2.45, 2.75) is 24.4 Å². The second-order valence-corrected chi connectivity index (χ2v) is 14.7. The summed E-state index contributed by atoms with van der Waals surface area (Å²) in [7, 11) is 0. The van der Waals surface area contributed by atoms with Crippen molar-refractivity contribution in [1.29, 1.82) is 0 Å². The molecule has 4 aliphatic rings. The third-order valence-electron chi connectivity index (χ3n) is 12.1. The number of nitrogens with one attached hydrogen (secondary N) is 1. The Hall–Kier alpha value is -6.58. The van der Waals surface area contributed by atoms with Crippen molar-refractivity contribution in [3.63, 3.8) is 0 Å². The zero-order valence-electron chi connectivity index (χ0n) is 29.0. The summed E-state index contributed by atoms with van der Waals surface area (Å²) in [6, 6.07) is 53.9. The fourth-order valence-electron chi connectivity index (χ4n) is 10.1. The van der Waals surface area contributed by atoms with Gasteiger partial charge in [-0.3, -0.25) is 0 Å². The molecule has 3 nitrogen and oxygen atoms in total. The maximum Gasteiger partial charge on any atom is 0.169 e. The summed E-state index contributed by atoms with van der Waals surface area (Å²) in [6.45, 7) is 0. The van der Waals surface area contributed by atoms with Gasteiger partial charge in [0.15, 0.2) is 6.17 Å². The molecule has 3 aliphatic carbocycles. The van der Waals surface area contributed by atoms with Crippen LogP contribution in [0.1, 0.15) is 46.2 Å². The molecule has 248 valence electrons. The van der Waals surface area contributed by atoms with Crippen LogP contribution < -0.4 is 5.32 Å². The van der Waals surface area contributed by atoms with Crippen LogP contribution in [-0.2, 0) is 5.41 Å². The summed E-state index contributed by atoms with van der Waals surface area (Å²) >= 11 is 0. The van der Waals surface area contributed by atoms with E-state index in [9.17, 15) is 0 Å². The van der Waals surface area contributed by atoms with Gasteiger partial charge in [0.1, 0.15) is 11.7 Å². The van der Waals surface area contributed by atoms with Gasteiger partial charge in [-0.1, -0.05) is 158 Å². The summed E-state index contributed by atoms with van der Waals surface area (Å²) in [6.07, 6.45) is 8.49. The molecule has 0 radical (unpaired) electrons. The van der Waals surface area contributed by atoms with Crippen molar-refractivity contribution in [3.05, 3.63) is 203 Å². The summed E-state index contributed by atoms with van der Waals surface area (Å²) in [5.41, 5.74) is 13.7. The minimum absolute atomic E-state index is 0.320. The van der Waals surface area contributed by atoms with Gasteiger partial charge in [-0.15, -0.1) is 0 Å². The van der Waals surface area contributed by atoms with E-state index in [1.165, 1.54) is 76.8 Å². The van der Waals surface area contributed by atoms with Crippen LogP contribution in [0.25, 0.3) is 54.6 Å². The molecule has 1 heterocycles. The van der Waals surface area contributed by atoms with E-state index >= 15 is 0 Å². The molecular formula is C50H33N3. The quantitative estimate of drug-likeness (QED) is 0.186. The molecule has 0 aromatic heterocycles. The monoisotopic (exact) mass is 675 g/mol. The van der Waals surface area contributed by atoms with Crippen LogP contribution in [0.15, 0.2) is 179 Å². The van der Waals surface area contributed by atoms with Gasteiger partial charge in [0.2, 0.25) is 0 Å². The first-order chi connectivity index (χ1) is 26.3. The standard InChI is InChI=1S/C50H33N3/c1-3-15-30(16-4-1)47-51-48(31-17-5-2-6-18-31)53-49(52-47)39-29-32-19-13-24-37-43(32)44-35(39)23-14-25-38(44)46-45(37)36-22-9-12-28-42(36)50(46)40-26-10-7-20-33(40)34-21-8-11-27-41(34)50/h1,3-5,7-29,48H,2,6H2,(H,51,52,53). The zero-order valence-corrected chi connectivity index (χ0v) is 29.0. The van der Waals surface area contributed by atoms with Crippen LogP contribution in [0.2, 0.25) is 0 Å². The SMILES string of the molecule is C1=CC(C2N=C(c3ccccc3)NC(c3cc4cccc5c6c(c7cccc3c7c45)C3(c4ccccc4-c4ccccc43)c3ccccc3-6)=N2)=CCC1. The highest BCUT2D eigenvalue weighted by Gasteiger charge is 2.53. The normalized spacial score (nSPS) is 17.7. The van der Waals surface area contributed by atoms with Gasteiger partial charge in [0, 0.05) is 11.1 Å². The number of allylic oxidation sites excluding steroid dienone is 2. The van der Waals surface area contributed by atoms with Crippen molar-refractivity contribution >= 4 is 44.0 Å². The Morgan fingerprint density at radius 3 is 1.92 bits per heavy atom. The predicted octanol–water partition coefficient (Wildman–Crippen LogP) is 11.3. The van der Waals surface area contributed by atoms with Crippen LogP contribution in [0.4, 0.5) is 0 Å². The largest absolute Gasteiger partial charge is 0.324 e. The smallest absolute Gasteiger partial charge is 0.169 e. The summed E-state index contributed by atoms with van der Waals surface area (Å²) in [5, 5.41) is 11.4. The van der Waals surface area contributed by atoms with Crippen LogP contribution in [0, 0.1) is 0 Å². The molecule has 0 saturated carbocycles. The third-order valence-corrected chi connectivity index (χ3v) is 12.1. The van der Waals surface area contributed by atoms with E-state index in [0.717, 1.165) is 41.2 Å². The average molecular weight is 676 g/mol.